The highest BCUT2D eigenvalue weighted by Crippen LogP contribution is 2.29. The molecular weight excluding hydrogens is 363 g/mol. The molecule has 2 rings (SSSR count). The predicted octanol–water partition coefficient (Wildman–Crippen LogP) is 4.51. The summed E-state index contributed by atoms with van der Waals surface area (Å²) in [5.74, 6) is -0.588. The highest BCUT2D eigenvalue weighted by atomic mass is 19.4. The third-order valence-corrected chi connectivity index (χ3v) is 2.96. The van der Waals surface area contributed by atoms with Crippen molar-refractivity contribution in [2.75, 3.05) is 5.32 Å². The van der Waals surface area contributed by atoms with Crippen LogP contribution in [0.25, 0.3) is 0 Å². The van der Waals surface area contributed by atoms with Crippen molar-refractivity contribution < 1.29 is 36.2 Å². The lowest BCUT2D eigenvalue weighted by Gasteiger charge is -2.14. The summed E-state index contributed by atoms with van der Waals surface area (Å²) in [6, 6.07) is 9.81. The molecule has 2 aromatic rings. The summed E-state index contributed by atoms with van der Waals surface area (Å²) in [5.41, 5.74) is 0.407. The molecule has 0 aliphatic rings. The van der Waals surface area contributed by atoms with Gasteiger partial charge in [-0.05, 0) is 29.8 Å². The summed E-state index contributed by atoms with van der Waals surface area (Å²) in [7, 11) is 0. The van der Waals surface area contributed by atoms with Gasteiger partial charge in [0.25, 0.3) is 0 Å². The summed E-state index contributed by atoms with van der Waals surface area (Å²) in [6.07, 6.45) is -4.89. The molecule has 10 heteroatoms. The van der Waals surface area contributed by atoms with E-state index in [1.807, 2.05) is 0 Å². The molecule has 2 aromatic carbocycles. The first-order valence-electron chi connectivity index (χ1n) is 7.16. The van der Waals surface area contributed by atoms with Gasteiger partial charge in [0.15, 0.2) is 5.75 Å². The number of para-hydroxylation sites is 2. The number of carbonyl (C=O) groups is 1. The van der Waals surface area contributed by atoms with Crippen LogP contribution in [0.3, 0.4) is 0 Å². The lowest BCUT2D eigenvalue weighted by molar-refractivity contribution is -0.274. The van der Waals surface area contributed by atoms with E-state index in [0.717, 1.165) is 6.07 Å². The first kappa shape index (κ1) is 19.3. The first-order chi connectivity index (χ1) is 12.2. The van der Waals surface area contributed by atoms with Gasteiger partial charge in [0, 0.05) is 6.54 Å². The third-order valence-electron chi connectivity index (χ3n) is 2.96. The molecule has 26 heavy (non-hydrogen) atoms. The van der Waals surface area contributed by atoms with Gasteiger partial charge >= 0.3 is 19.0 Å². The topological polar surface area (TPSA) is 59.6 Å². The average molecular weight is 376 g/mol. The second-order valence-corrected chi connectivity index (χ2v) is 4.87. The van der Waals surface area contributed by atoms with E-state index in [0.29, 0.717) is 5.56 Å². The number of alkyl halides is 5. The molecule has 0 radical (unpaired) electrons. The molecule has 0 heterocycles. The second-order valence-electron chi connectivity index (χ2n) is 4.87. The third kappa shape index (κ3) is 6.46. The van der Waals surface area contributed by atoms with Crippen molar-refractivity contribution in [3.63, 3.8) is 0 Å². The molecule has 0 atom stereocenters. The van der Waals surface area contributed by atoms with Crippen LogP contribution in [0.5, 0.6) is 11.5 Å². The van der Waals surface area contributed by atoms with Gasteiger partial charge in [-0.3, -0.25) is 0 Å². The number of urea groups is 1. The fraction of sp³-hybridized carbons (Fsp3) is 0.188. The maximum Gasteiger partial charge on any atom is 0.573 e. The minimum atomic E-state index is -4.89. The molecular formula is C16H13F5N2O3. The molecule has 0 fully saturated rings. The number of ether oxygens (including phenoxy) is 2. The van der Waals surface area contributed by atoms with Gasteiger partial charge in [-0.15, -0.1) is 13.2 Å². The summed E-state index contributed by atoms with van der Waals surface area (Å²) in [5, 5.41) is 4.66. The van der Waals surface area contributed by atoms with E-state index in [2.05, 4.69) is 20.1 Å². The van der Waals surface area contributed by atoms with Crippen LogP contribution in [-0.2, 0) is 6.54 Å². The Labute approximate surface area is 144 Å². The van der Waals surface area contributed by atoms with Gasteiger partial charge in [-0.2, -0.15) is 8.78 Å². The van der Waals surface area contributed by atoms with Gasteiger partial charge in [0.1, 0.15) is 5.75 Å². The van der Waals surface area contributed by atoms with Crippen LogP contribution in [0, 0.1) is 0 Å². The van der Waals surface area contributed by atoms with E-state index in [4.69, 9.17) is 0 Å². The highest BCUT2D eigenvalue weighted by Gasteiger charge is 2.32. The van der Waals surface area contributed by atoms with Crippen molar-refractivity contribution in [1.29, 1.82) is 0 Å². The van der Waals surface area contributed by atoms with Gasteiger partial charge in [-0.25, -0.2) is 4.79 Å². The number of anilines is 1. The van der Waals surface area contributed by atoms with Gasteiger partial charge in [-0.1, -0.05) is 24.3 Å². The molecule has 0 aromatic heterocycles. The van der Waals surface area contributed by atoms with Crippen LogP contribution in [0.2, 0.25) is 0 Å². The molecule has 140 valence electrons. The van der Waals surface area contributed by atoms with Crippen LogP contribution in [0.1, 0.15) is 5.56 Å². The molecule has 0 saturated heterocycles. The maximum absolute atomic E-state index is 12.3. The number of rotatable bonds is 6. The van der Waals surface area contributed by atoms with E-state index in [1.54, 1.807) is 0 Å². The van der Waals surface area contributed by atoms with Gasteiger partial charge < -0.3 is 20.1 Å². The summed E-state index contributed by atoms with van der Waals surface area (Å²) in [6.45, 7) is -2.92. The van der Waals surface area contributed by atoms with Crippen molar-refractivity contribution in [2.24, 2.45) is 0 Å². The van der Waals surface area contributed by atoms with Crippen LogP contribution >= 0.6 is 0 Å². The number of amides is 2. The summed E-state index contributed by atoms with van der Waals surface area (Å²) < 4.78 is 69.1. The van der Waals surface area contributed by atoms with Crippen molar-refractivity contribution in [1.82, 2.24) is 5.32 Å². The number of benzene rings is 2. The zero-order valence-corrected chi connectivity index (χ0v) is 13.0. The molecule has 2 amide bonds. The van der Waals surface area contributed by atoms with Gasteiger partial charge in [0.05, 0.1) is 5.69 Å². The van der Waals surface area contributed by atoms with Crippen molar-refractivity contribution >= 4 is 11.7 Å². The van der Waals surface area contributed by atoms with Crippen molar-refractivity contribution in [3.8, 4) is 11.5 Å². The predicted molar refractivity (Wildman–Crippen MR) is 82.1 cm³/mol. The molecule has 0 saturated carbocycles. The molecule has 2 N–H and O–H groups in total. The Bertz CT molecular complexity index is 735. The summed E-state index contributed by atoms with van der Waals surface area (Å²) in [4.78, 5) is 11.8. The van der Waals surface area contributed by atoms with Crippen LogP contribution in [-0.4, -0.2) is 19.0 Å². The zero-order valence-electron chi connectivity index (χ0n) is 13.0. The Morgan fingerprint density at radius 1 is 1.04 bits per heavy atom. The number of carbonyl (C=O) groups excluding carboxylic acids is 1. The monoisotopic (exact) mass is 376 g/mol. The molecule has 0 unspecified atom stereocenters. The van der Waals surface area contributed by atoms with Crippen molar-refractivity contribution in [2.45, 2.75) is 19.5 Å². The molecule has 0 spiro atoms. The van der Waals surface area contributed by atoms with E-state index in [9.17, 15) is 26.7 Å². The number of nitrogens with one attached hydrogen (secondary N) is 2. The van der Waals surface area contributed by atoms with E-state index in [1.165, 1.54) is 42.5 Å². The van der Waals surface area contributed by atoms with E-state index in [-0.39, 0.29) is 18.0 Å². The number of hydrogen-bond acceptors (Lipinski definition) is 3. The first-order valence-corrected chi connectivity index (χ1v) is 7.16. The quantitative estimate of drug-likeness (QED) is 0.730. The van der Waals surface area contributed by atoms with Crippen LogP contribution in [0.4, 0.5) is 32.4 Å². The van der Waals surface area contributed by atoms with E-state index < -0.39 is 24.8 Å². The Morgan fingerprint density at radius 2 is 1.69 bits per heavy atom. The zero-order chi connectivity index (χ0) is 19.2. The molecule has 0 bridgehead atoms. The second kappa shape index (κ2) is 8.37. The lowest BCUT2D eigenvalue weighted by Crippen LogP contribution is -2.28. The number of halogens is 5. The van der Waals surface area contributed by atoms with Crippen LogP contribution < -0.4 is 20.1 Å². The molecule has 0 aliphatic carbocycles. The number of hydrogen-bond donors (Lipinski definition) is 2. The Hall–Kier alpha value is -3.04. The SMILES string of the molecule is O=C(NCc1ccc(OC(F)F)cc1)Nc1ccccc1OC(F)(F)F. The van der Waals surface area contributed by atoms with Crippen LogP contribution in [0.15, 0.2) is 48.5 Å². The minimum Gasteiger partial charge on any atom is -0.435 e. The fourth-order valence-corrected chi connectivity index (χ4v) is 1.92. The molecule has 0 aliphatic heterocycles. The summed E-state index contributed by atoms with van der Waals surface area (Å²) >= 11 is 0. The Balaban J connectivity index is 1.91. The largest absolute Gasteiger partial charge is 0.573 e. The van der Waals surface area contributed by atoms with Crippen molar-refractivity contribution in [3.05, 3.63) is 54.1 Å². The van der Waals surface area contributed by atoms with E-state index >= 15 is 0 Å². The lowest BCUT2D eigenvalue weighted by atomic mass is 10.2. The minimum absolute atomic E-state index is 0.0170. The fourth-order valence-electron chi connectivity index (χ4n) is 1.92. The standard InChI is InChI=1S/C16H13F5N2O3/c17-14(18)25-11-7-5-10(6-8-11)9-22-15(24)23-12-3-1-2-4-13(12)26-16(19,20)21/h1-8,14H,9H2,(H2,22,23,24). The molecule has 5 nitrogen and oxygen atoms in total. The average Bonchev–Trinajstić information content (AvgIpc) is 2.54. The Morgan fingerprint density at radius 3 is 2.31 bits per heavy atom. The Kier molecular flexibility index (Phi) is 6.21. The highest BCUT2D eigenvalue weighted by molar-refractivity contribution is 5.90. The van der Waals surface area contributed by atoms with Gasteiger partial charge in [0.2, 0.25) is 0 Å². The maximum atomic E-state index is 12.3. The normalized spacial score (nSPS) is 11.2. The smallest absolute Gasteiger partial charge is 0.435 e.